The molecule has 3 rings (SSSR count). The summed E-state index contributed by atoms with van der Waals surface area (Å²) in [6.07, 6.45) is 1.30. The first-order chi connectivity index (χ1) is 11.0. The third-order valence-electron chi connectivity index (χ3n) is 4.84. The molecule has 0 radical (unpaired) electrons. The Morgan fingerprint density at radius 2 is 2.04 bits per heavy atom. The summed E-state index contributed by atoms with van der Waals surface area (Å²) in [6, 6.07) is 3.20. The van der Waals surface area contributed by atoms with Crippen LogP contribution in [0.3, 0.4) is 0 Å². The Hall–Kier alpha value is -1.46. The second kappa shape index (κ2) is 6.21. The molecule has 1 aliphatic carbocycles. The maximum absolute atomic E-state index is 14.4. The van der Waals surface area contributed by atoms with Crippen LogP contribution in [0.1, 0.15) is 49.3 Å². The van der Waals surface area contributed by atoms with Crippen molar-refractivity contribution in [2.24, 2.45) is 5.92 Å². The first-order valence-corrected chi connectivity index (χ1v) is 8.28. The van der Waals surface area contributed by atoms with Gasteiger partial charge < -0.3 is 14.2 Å². The van der Waals surface area contributed by atoms with Crippen LogP contribution in [0.5, 0.6) is 0 Å². The van der Waals surface area contributed by atoms with Crippen LogP contribution in [0, 0.1) is 18.7 Å². The highest BCUT2D eigenvalue weighted by Gasteiger charge is 2.48. The Kier molecular flexibility index (Phi) is 4.43. The largest absolute Gasteiger partial charge is 0.466 e. The molecule has 4 nitrogen and oxygen atoms in total. The molecule has 1 aliphatic heterocycles. The zero-order valence-electron chi connectivity index (χ0n) is 13.9. The van der Waals surface area contributed by atoms with E-state index < -0.39 is 5.79 Å². The van der Waals surface area contributed by atoms with E-state index in [9.17, 15) is 9.18 Å². The van der Waals surface area contributed by atoms with Crippen molar-refractivity contribution in [3.8, 4) is 0 Å². The van der Waals surface area contributed by atoms with Gasteiger partial charge in [-0.3, -0.25) is 4.79 Å². The quantitative estimate of drug-likeness (QED) is 0.779. The average molecular weight is 322 g/mol. The lowest BCUT2D eigenvalue weighted by Crippen LogP contribution is -2.27. The molecule has 1 aromatic rings. The Bertz CT molecular complexity index is 607. The van der Waals surface area contributed by atoms with E-state index in [1.807, 2.05) is 13.8 Å². The molecule has 2 unspecified atom stereocenters. The minimum atomic E-state index is -0.791. The van der Waals surface area contributed by atoms with Gasteiger partial charge in [0.05, 0.1) is 25.7 Å². The van der Waals surface area contributed by atoms with Crippen LogP contribution in [0.25, 0.3) is 0 Å². The fourth-order valence-corrected chi connectivity index (χ4v) is 3.59. The fourth-order valence-electron chi connectivity index (χ4n) is 3.59. The van der Waals surface area contributed by atoms with Crippen LogP contribution in [-0.4, -0.2) is 25.8 Å². The van der Waals surface area contributed by atoms with E-state index >= 15 is 0 Å². The number of esters is 1. The van der Waals surface area contributed by atoms with Gasteiger partial charge in [0.25, 0.3) is 0 Å². The summed E-state index contributed by atoms with van der Waals surface area (Å²) in [6.45, 7) is 7.08. The maximum Gasteiger partial charge on any atom is 0.309 e. The number of halogens is 1. The second-order valence-corrected chi connectivity index (χ2v) is 6.14. The van der Waals surface area contributed by atoms with Gasteiger partial charge >= 0.3 is 5.97 Å². The molecule has 0 spiro atoms. The Labute approximate surface area is 135 Å². The van der Waals surface area contributed by atoms with Gasteiger partial charge in [0.15, 0.2) is 5.79 Å². The number of hydrogen-bond acceptors (Lipinski definition) is 4. The molecule has 0 bridgehead atoms. The highest BCUT2D eigenvalue weighted by atomic mass is 19.1. The lowest BCUT2D eigenvalue weighted by atomic mass is 9.91. The molecule has 0 aromatic heterocycles. The highest BCUT2D eigenvalue weighted by Crippen LogP contribution is 2.51. The molecule has 23 heavy (non-hydrogen) atoms. The predicted octanol–water partition coefficient (Wildman–Crippen LogP) is 3.41. The number of carbonyl (C=O) groups is 1. The topological polar surface area (TPSA) is 44.8 Å². The van der Waals surface area contributed by atoms with Gasteiger partial charge in [0.1, 0.15) is 5.82 Å². The summed E-state index contributed by atoms with van der Waals surface area (Å²) in [5, 5.41) is 0. The predicted molar refractivity (Wildman–Crippen MR) is 82.5 cm³/mol. The van der Waals surface area contributed by atoms with E-state index in [0.717, 1.165) is 11.1 Å². The van der Waals surface area contributed by atoms with E-state index in [4.69, 9.17) is 14.2 Å². The van der Waals surface area contributed by atoms with Crippen molar-refractivity contribution in [1.29, 1.82) is 0 Å². The van der Waals surface area contributed by atoms with Crippen molar-refractivity contribution in [3.05, 3.63) is 34.6 Å². The van der Waals surface area contributed by atoms with Gasteiger partial charge in [-0.1, -0.05) is 13.0 Å². The molecular formula is C18H23FO4. The molecule has 2 fully saturated rings. The number of ether oxygens (including phenoxy) is 3. The molecule has 0 N–H and O–H groups in total. The van der Waals surface area contributed by atoms with Crippen molar-refractivity contribution in [1.82, 2.24) is 0 Å². The van der Waals surface area contributed by atoms with Gasteiger partial charge in [0.2, 0.25) is 0 Å². The SMILES string of the molecule is CCOC(=O)C1CC1c1c(F)ccc(C2(CC)OCCO2)c1C. The molecule has 126 valence electrons. The lowest BCUT2D eigenvalue weighted by molar-refractivity contribution is -0.168. The van der Waals surface area contributed by atoms with Crippen LogP contribution in [0.4, 0.5) is 4.39 Å². The first-order valence-electron chi connectivity index (χ1n) is 8.28. The molecule has 1 aromatic carbocycles. The third-order valence-corrected chi connectivity index (χ3v) is 4.84. The number of rotatable bonds is 5. The van der Waals surface area contributed by atoms with Gasteiger partial charge in [0, 0.05) is 17.9 Å². The van der Waals surface area contributed by atoms with E-state index in [-0.39, 0.29) is 23.6 Å². The summed E-state index contributed by atoms with van der Waals surface area (Å²) in [4.78, 5) is 11.9. The van der Waals surface area contributed by atoms with Crippen molar-refractivity contribution >= 4 is 5.97 Å². The minimum absolute atomic E-state index is 0.107. The van der Waals surface area contributed by atoms with Crippen LogP contribution in [-0.2, 0) is 24.8 Å². The zero-order chi connectivity index (χ0) is 16.6. The van der Waals surface area contributed by atoms with Crippen molar-refractivity contribution < 1.29 is 23.4 Å². The molecule has 0 amide bonds. The summed E-state index contributed by atoms with van der Waals surface area (Å²) in [5.74, 6) is -1.64. The van der Waals surface area contributed by atoms with E-state index in [0.29, 0.717) is 38.2 Å². The smallest absolute Gasteiger partial charge is 0.309 e. The van der Waals surface area contributed by atoms with Crippen molar-refractivity contribution in [2.75, 3.05) is 19.8 Å². The first kappa shape index (κ1) is 16.4. The molecule has 1 heterocycles. The van der Waals surface area contributed by atoms with Crippen LogP contribution in [0.2, 0.25) is 0 Å². The monoisotopic (exact) mass is 322 g/mol. The zero-order valence-corrected chi connectivity index (χ0v) is 13.9. The number of carbonyl (C=O) groups excluding carboxylic acids is 1. The number of hydrogen-bond donors (Lipinski definition) is 0. The van der Waals surface area contributed by atoms with Gasteiger partial charge in [-0.2, -0.15) is 0 Å². The number of benzene rings is 1. The molecular weight excluding hydrogens is 299 g/mol. The molecule has 5 heteroatoms. The van der Waals surface area contributed by atoms with Gasteiger partial charge in [-0.25, -0.2) is 4.39 Å². The van der Waals surface area contributed by atoms with Crippen molar-refractivity contribution in [3.63, 3.8) is 0 Å². The van der Waals surface area contributed by atoms with Crippen molar-refractivity contribution in [2.45, 2.75) is 45.3 Å². The molecule has 2 aliphatic rings. The lowest BCUT2D eigenvalue weighted by Gasteiger charge is -2.29. The Morgan fingerprint density at radius 3 is 2.65 bits per heavy atom. The third kappa shape index (κ3) is 2.76. The van der Waals surface area contributed by atoms with Gasteiger partial charge in [-0.15, -0.1) is 0 Å². The summed E-state index contributed by atoms with van der Waals surface area (Å²) in [5.41, 5.74) is 2.29. The normalized spacial score (nSPS) is 25.4. The van der Waals surface area contributed by atoms with E-state index in [1.54, 1.807) is 13.0 Å². The molecule has 2 atom stereocenters. The maximum atomic E-state index is 14.4. The summed E-state index contributed by atoms with van der Waals surface area (Å²) in [7, 11) is 0. The second-order valence-electron chi connectivity index (χ2n) is 6.14. The molecule has 1 saturated carbocycles. The Balaban J connectivity index is 1.93. The Morgan fingerprint density at radius 1 is 1.35 bits per heavy atom. The van der Waals surface area contributed by atoms with Crippen LogP contribution < -0.4 is 0 Å². The van der Waals surface area contributed by atoms with Crippen LogP contribution >= 0.6 is 0 Å². The summed E-state index contributed by atoms with van der Waals surface area (Å²) < 4.78 is 31.1. The summed E-state index contributed by atoms with van der Waals surface area (Å²) >= 11 is 0. The van der Waals surface area contributed by atoms with Crippen LogP contribution in [0.15, 0.2) is 12.1 Å². The van der Waals surface area contributed by atoms with E-state index in [1.165, 1.54) is 6.07 Å². The fraction of sp³-hybridized carbons (Fsp3) is 0.611. The minimum Gasteiger partial charge on any atom is -0.466 e. The van der Waals surface area contributed by atoms with Gasteiger partial charge in [-0.05, 0) is 37.5 Å². The molecule has 1 saturated heterocycles. The highest BCUT2D eigenvalue weighted by molar-refractivity contribution is 5.77. The van der Waals surface area contributed by atoms with E-state index in [2.05, 4.69) is 0 Å². The average Bonchev–Trinajstić information content (AvgIpc) is 3.16. The standard InChI is InChI=1S/C18H23FO4/c1-4-18(22-8-9-23-18)14-6-7-15(19)16(11(14)3)12-10-13(12)17(20)21-5-2/h6-7,12-13H,4-5,8-10H2,1-3H3.